The van der Waals surface area contributed by atoms with Crippen LogP contribution in [0, 0.1) is 15.9 Å². The summed E-state index contributed by atoms with van der Waals surface area (Å²) in [6.45, 7) is 0.0587. The number of benzene rings is 2. The molecule has 0 aliphatic heterocycles. The predicted molar refractivity (Wildman–Crippen MR) is 65.5 cm³/mol. The van der Waals surface area contributed by atoms with Gasteiger partial charge in [-0.15, -0.1) is 0 Å². The van der Waals surface area contributed by atoms with Crippen molar-refractivity contribution in [3.05, 3.63) is 64.0 Å². The van der Waals surface area contributed by atoms with E-state index in [4.69, 9.17) is 4.74 Å². The second-order valence-electron chi connectivity index (χ2n) is 3.83. The molecule has 0 saturated heterocycles. The number of nitrogens with zero attached hydrogens (tertiary/aromatic N) is 1. The lowest BCUT2D eigenvalue weighted by atomic mass is 10.2. The quantitative estimate of drug-likeness (QED) is 0.679. The van der Waals surface area contributed by atoms with Crippen molar-refractivity contribution in [2.24, 2.45) is 0 Å². The highest BCUT2D eigenvalue weighted by molar-refractivity contribution is 5.47. The van der Waals surface area contributed by atoms with Gasteiger partial charge in [0, 0.05) is 6.07 Å². The van der Waals surface area contributed by atoms with E-state index in [2.05, 4.69) is 0 Å². The third-order valence-electron chi connectivity index (χ3n) is 2.44. The molecule has 0 fully saturated rings. The lowest BCUT2D eigenvalue weighted by molar-refractivity contribution is -0.385. The van der Waals surface area contributed by atoms with Crippen LogP contribution in [-0.2, 0) is 6.61 Å². The maximum Gasteiger partial charge on any atom is 0.273 e. The molecule has 2 aromatic rings. The third kappa shape index (κ3) is 3.19. The molecule has 0 spiro atoms. The molecule has 19 heavy (non-hydrogen) atoms. The van der Waals surface area contributed by atoms with Crippen molar-refractivity contribution >= 4 is 5.69 Å². The first kappa shape index (κ1) is 12.8. The molecule has 0 unspecified atom stereocenters. The van der Waals surface area contributed by atoms with Gasteiger partial charge in [-0.25, -0.2) is 4.39 Å². The van der Waals surface area contributed by atoms with Crippen LogP contribution in [0.3, 0.4) is 0 Å². The normalized spacial score (nSPS) is 10.2. The van der Waals surface area contributed by atoms with Gasteiger partial charge < -0.3 is 9.84 Å². The van der Waals surface area contributed by atoms with Gasteiger partial charge in [0.1, 0.15) is 12.4 Å². The van der Waals surface area contributed by atoms with Gasteiger partial charge in [0.2, 0.25) is 0 Å². The molecule has 2 rings (SSSR count). The largest absolute Gasteiger partial charge is 0.504 e. The Morgan fingerprint density at radius 3 is 2.68 bits per heavy atom. The SMILES string of the molecule is O=[N+]([O-])c1ccc(OCc2cccc(F)c2)c(O)c1. The molecule has 1 N–H and O–H groups in total. The van der Waals surface area contributed by atoms with E-state index in [1.54, 1.807) is 12.1 Å². The molecule has 0 radical (unpaired) electrons. The standard InChI is InChI=1S/C13H10FNO4/c14-10-3-1-2-9(6-10)8-19-13-5-4-11(15(17)18)7-12(13)16/h1-7,16H,8H2. The summed E-state index contributed by atoms with van der Waals surface area (Å²) in [6.07, 6.45) is 0. The van der Waals surface area contributed by atoms with Crippen LogP contribution in [0.1, 0.15) is 5.56 Å². The van der Waals surface area contributed by atoms with Crippen LogP contribution in [0.25, 0.3) is 0 Å². The summed E-state index contributed by atoms with van der Waals surface area (Å²) >= 11 is 0. The second kappa shape index (κ2) is 5.34. The molecule has 0 aromatic heterocycles. The maximum absolute atomic E-state index is 12.9. The molecular formula is C13H10FNO4. The number of ether oxygens (including phenoxy) is 1. The van der Waals surface area contributed by atoms with Gasteiger partial charge in [-0.3, -0.25) is 10.1 Å². The number of phenolic OH excluding ortho intramolecular Hbond substituents is 1. The number of halogens is 1. The minimum absolute atomic E-state index is 0.0587. The fourth-order valence-corrected chi connectivity index (χ4v) is 1.53. The summed E-state index contributed by atoms with van der Waals surface area (Å²) in [7, 11) is 0. The first-order chi connectivity index (χ1) is 9.06. The minimum Gasteiger partial charge on any atom is -0.504 e. The second-order valence-corrected chi connectivity index (χ2v) is 3.83. The van der Waals surface area contributed by atoms with E-state index < -0.39 is 4.92 Å². The van der Waals surface area contributed by atoms with Crippen molar-refractivity contribution < 1.29 is 19.2 Å². The smallest absolute Gasteiger partial charge is 0.273 e. The molecule has 6 heteroatoms. The van der Waals surface area contributed by atoms with Gasteiger partial charge in [-0.2, -0.15) is 0 Å². The van der Waals surface area contributed by atoms with Gasteiger partial charge in [0.25, 0.3) is 5.69 Å². The summed E-state index contributed by atoms with van der Waals surface area (Å²) in [5, 5.41) is 20.1. The third-order valence-corrected chi connectivity index (χ3v) is 2.44. The van der Waals surface area contributed by atoms with Gasteiger partial charge in [-0.1, -0.05) is 12.1 Å². The molecule has 0 amide bonds. The Hall–Kier alpha value is -2.63. The number of hydrogen-bond donors (Lipinski definition) is 1. The van der Waals surface area contributed by atoms with Gasteiger partial charge in [0.05, 0.1) is 11.0 Å². The van der Waals surface area contributed by atoms with Crippen molar-refractivity contribution in [1.29, 1.82) is 0 Å². The molecule has 0 bridgehead atoms. The molecular weight excluding hydrogens is 253 g/mol. The fraction of sp³-hybridized carbons (Fsp3) is 0.0769. The Kier molecular flexibility index (Phi) is 3.61. The van der Waals surface area contributed by atoms with Crippen molar-refractivity contribution in [3.63, 3.8) is 0 Å². The van der Waals surface area contributed by atoms with Gasteiger partial charge in [0.15, 0.2) is 11.5 Å². The summed E-state index contributed by atoms with van der Waals surface area (Å²) < 4.78 is 18.2. The fourth-order valence-electron chi connectivity index (χ4n) is 1.53. The minimum atomic E-state index is -0.615. The van der Waals surface area contributed by atoms with E-state index in [0.29, 0.717) is 5.56 Å². The molecule has 0 aliphatic carbocycles. The predicted octanol–water partition coefficient (Wildman–Crippen LogP) is 3.02. The highest BCUT2D eigenvalue weighted by Crippen LogP contribution is 2.30. The monoisotopic (exact) mass is 263 g/mol. The number of non-ortho nitro benzene ring substituents is 1. The zero-order valence-electron chi connectivity index (χ0n) is 9.75. The summed E-state index contributed by atoms with van der Waals surface area (Å²) in [5.41, 5.74) is 0.369. The molecule has 5 nitrogen and oxygen atoms in total. The molecule has 0 aliphatic rings. The number of aromatic hydroxyl groups is 1. The summed E-state index contributed by atoms with van der Waals surface area (Å²) in [4.78, 5) is 9.88. The Morgan fingerprint density at radius 2 is 2.05 bits per heavy atom. The van der Waals surface area contributed by atoms with Crippen LogP contribution in [-0.4, -0.2) is 10.0 Å². The van der Waals surface area contributed by atoms with Crippen LogP contribution >= 0.6 is 0 Å². The first-order valence-corrected chi connectivity index (χ1v) is 5.41. The number of phenols is 1. The van der Waals surface area contributed by atoms with E-state index in [1.165, 1.54) is 24.3 Å². The molecule has 98 valence electrons. The van der Waals surface area contributed by atoms with E-state index in [-0.39, 0.29) is 29.6 Å². The average molecular weight is 263 g/mol. The van der Waals surface area contributed by atoms with Crippen molar-refractivity contribution in [2.45, 2.75) is 6.61 Å². The molecule has 0 heterocycles. The Labute approximate surface area is 108 Å². The van der Waals surface area contributed by atoms with Crippen LogP contribution in [0.4, 0.5) is 10.1 Å². The highest BCUT2D eigenvalue weighted by Gasteiger charge is 2.11. The van der Waals surface area contributed by atoms with Crippen LogP contribution in [0.2, 0.25) is 0 Å². The van der Waals surface area contributed by atoms with Crippen LogP contribution in [0.5, 0.6) is 11.5 Å². The van der Waals surface area contributed by atoms with E-state index >= 15 is 0 Å². The number of nitro groups is 1. The number of rotatable bonds is 4. The molecule has 2 aromatic carbocycles. The van der Waals surface area contributed by atoms with E-state index in [1.807, 2.05) is 0 Å². The maximum atomic E-state index is 12.9. The van der Waals surface area contributed by atoms with Crippen molar-refractivity contribution in [3.8, 4) is 11.5 Å². The summed E-state index contributed by atoms with van der Waals surface area (Å²) in [5.74, 6) is -0.602. The first-order valence-electron chi connectivity index (χ1n) is 5.41. The Balaban J connectivity index is 2.10. The summed E-state index contributed by atoms with van der Waals surface area (Å²) in [6, 6.07) is 9.36. The topological polar surface area (TPSA) is 72.6 Å². The molecule has 0 saturated carbocycles. The highest BCUT2D eigenvalue weighted by atomic mass is 19.1. The number of hydrogen-bond acceptors (Lipinski definition) is 4. The molecule has 0 atom stereocenters. The zero-order valence-corrected chi connectivity index (χ0v) is 9.75. The van der Waals surface area contributed by atoms with Gasteiger partial charge >= 0.3 is 0 Å². The Bertz CT molecular complexity index is 615. The number of nitro benzene ring substituents is 1. The zero-order chi connectivity index (χ0) is 13.8. The Morgan fingerprint density at radius 1 is 1.26 bits per heavy atom. The lowest BCUT2D eigenvalue weighted by Gasteiger charge is -2.07. The average Bonchev–Trinajstić information content (AvgIpc) is 2.37. The lowest BCUT2D eigenvalue weighted by Crippen LogP contribution is -1.96. The van der Waals surface area contributed by atoms with Crippen molar-refractivity contribution in [1.82, 2.24) is 0 Å². The van der Waals surface area contributed by atoms with Crippen LogP contribution < -0.4 is 4.74 Å². The van der Waals surface area contributed by atoms with Gasteiger partial charge in [-0.05, 0) is 23.8 Å². The van der Waals surface area contributed by atoms with Crippen LogP contribution in [0.15, 0.2) is 42.5 Å². The van der Waals surface area contributed by atoms with Crippen molar-refractivity contribution in [2.75, 3.05) is 0 Å². The van der Waals surface area contributed by atoms with E-state index in [0.717, 1.165) is 6.07 Å². The van der Waals surface area contributed by atoms with E-state index in [9.17, 15) is 19.6 Å².